The van der Waals surface area contributed by atoms with Crippen molar-refractivity contribution < 1.29 is 18.7 Å². The van der Waals surface area contributed by atoms with Crippen LogP contribution in [-0.4, -0.2) is 36.5 Å². The Labute approximate surface area is 151 Å². The van der Waals surface area contributed by atoms with E-state index in [-0.39, 0.29) is 11.4 Å². The lowest BCUT2D eigenvalue weighted by Gasteiger charge is -2.12. The fraction of sp³-hybridized carbons (Fsp3) is 0.125. The molecule has 2 N–H and O–H groups in total. The minimum atomic E-state index is -0.857. The van der Waals surface area contributed by atoms with Gasteiger partial charge in [0, 0.05) is 6.07 Å². The van der Waals surface area contributed by atoms with E-state index in [1.54, 1.807) is 19.1 Å². The number of rotatable bonds is 5. The summed E-state index contributed by atoms with van der Waals surface area (Å²) in [6, 6.07) is 9.11. The number of aromatic nitrogens is 4. The summed E-state index contributed by atoms with van der Waals surface area (Å²) in [5.41, 5.74) is 0.495. The lowest BCUT2D eigenvalue weighted by Crippen LogP contribution is -2.23. The fourth-order valence-electron chi connectivity index (χ4n) is 2.05. The van der Waals surface area contributed by atoms with Crippen molar-refractivity contribution in [1.29, 1.82) is 0 Å². The minimum Gasteiger partial charge on any atom is -0.508 e. The number of anilines is 1. The van der Waals surface area contributed by atoms with Crippen molar-refractivity contribution >= 4 is 23.4 Å². The average Bonchev–Trinajstić information content (AvgIpc) is 3.06. The molecule has 1 atom stereocenters. The molecule has 1 unspecified atom stereocenters. The summed E-state index contributed by atoms with van der Waals surface area (Å²) in [6.45, 7) is 1.61. The Morgan fingerprint density at radius 1 is 1.23 bits per heavy atom. The molecule has 2 aromatic carbocycles. The Bertz CT molecular complexity index is 933. The van der Waals surface area contributed by atoms with Gasteiger partial charge in [-0.25, -0.2) is 8.78 Å². The number of aromatic hydroxyl groups is 1. The largest absolute Gasteiger partial charge is 0.508 e. The Kier molecular flexibility index (Phi) is 5.12. The summed E-state index contributed by atoms with van der Waals surface area (Å²) in [6.07, 6.45) is 0. The smallest absolute Gasteiger partial charge is 0.237 e. The number of benzene rings is 2. The van der Waals surface area contributed by atoms with Crippen LogP contribution in [0.5, 0.6) is 5.75 Å². The van der Waals surface area contributed by atoms with Gasteiger partial charge in [-0.1, -0.05) is 11.8 Å². The first kappa shape index (κ1) is 17.8. The molecule has 0 saturated carbocycles. The SMILES string of the molecule is CC(Sc1nnnn1-c1ccc(O)cc1)C(=O)Nc1ccc(F)cc1F. The van der Waals surface area contributed by atoms with Gasteiger partial charge in [0.2, 0.25) is 11.1 Å². The number of tetrazole rings is 1. The second-order valence-corrected chi connectivity index (χ2v) is 6.57. The van der Waals surface area contributed by atoms with E-state index in [9.17, 15) is 18.7 Å². The van der Waals surface area contributed by atoms with Crippen LogP contribution in [0.25, 0.3) is 5.69 Å². The molecule has 0 spiro atoms. The van der Waals surface area contributed by atoms with E-state index in [0.29, 0.717) is 16.9 Å². The molecule has 1 amide bonds. The second kappa shape index (κ2) is 7.48. The first-order valence-electron chi connectivity index (χ1n) is 7.44. The standard InChI is InChI=1S/C16H13F2N5O2S/c1-9(15(25)19-14-7-2-10(17)8-13(14)18)26-16-20-21-22-23(16)11-3-5-12(24)6-4-11/h2-9,24H,1H3,(H,19,25). The van der Waals surface area contributed by atoms with Crippen molar-refractivity contribution in [1.82, 2.24) is 20.2 Å². The number of carbonyl (C=O) groups is 1. The molecule has 0 bridgehead atoms. The molecule has 0 aliphatic heterocycles. The van der Waals surface area contributed by atoms with Crippen LogP contribution in [0, 0.1) is 11.6 Å². The number of amides is 1. The molecule has 10 heteroatoms. The molecule has 0 radical (unpaired) electrons. The van der Waals surface area contributed by atoms with Crippen LogP contribution >= 0.6 is 11.8 Å². The Hall–Kier alpha value is -3.01. The van der Waals surface area contributed by atoms with Gasteiger partial charge in [-0.2, -0.15) is 4.68 Å². The van der Waals surface area contributed by atoms with Crippen LogP contribution in [0.15, 0.2) is 47.6 Å². The lowest BCUT2D eigenvalue weighted by molar-refractivity contribution is -0.115. The maximum Gasteiger partial charge on any atom is 0.237 e. The molecule has 3 aromatic rings. The van der Waals surface area contributed by atoms with Crippen LogP contribution in [0.4, 0.5) is 14.5 Å². The van der Waals surface area contributed by atoms with Gasteiger partial charge >= 0.3 is 0 Å². The van der Waals surface area contributed by atoms with Crippen molar-refractivity contribution in [3.05, 3.63) is 54.1 Å². The maximum atomic E-state index is 13.7. The van der Waals surface area contributed by atoms with Gasteiger partial charge in [0.25, 0.3) is 0 Å². The van der Waals surface area contributed by atoms with Gasteiger partial charge in [0.15, 0.2) is 0 Å². The highest BCUT2D eigenvalue weighted by Gasteiger charge is 2.20. The van der Waals surface area contributed by atoms with E-state index < -0.39 is 22.8 Å². The Balaban J connectivity index is 1.72. The molecule has 3 rings (SSSR count). The van der Waals surface area contributed by atoms with E-state index in [2.05, 4.69) is 20.8 Å². The number of phenolic OH excluding ortho intramolecular Hbond substituents is 1. The van der Waals surface area contributed by atoms with E-state index in [4.69, 9.17) is 0 Å². The number of carbonyl (C=O) groups excluding carboxylic acids is 1. The van der Waals surface area contributed by atoms with Crippen molar-refractivity contribution in [2.45, 2.75) is 17.3 Å². The third kappa shape index (κ3) is 3.97. The lowest BCUT2D eigenvalue weighted by atomic mass is 10.3. The first-order chi connectivity index (χ1) is 12.4. The third-order valence-electron chi connectivity index (χ3n) is 3.38. The highest BCUT2D eigenvalue weighted by atomic mass is 32.2. The average molecular weight is 377 g/mol. The monoisotopic (exact) mass is 377 g/mol. The zero-order valence-corrected chi connectivity index (χ0v) is 14.2. The molecular formula is C16H13F2N5O2S. The fourth-order valence-corrected chi connectivity index (χ4v) is 2.85. The van der Waals surface area contributed by atoms with E-state index >= 15 is 0 Å². The molecule has 134 valence electrons. The highest BCUT2D eigenvalue weighted by molar-refractivity contribution is 8.00. The number of halogens is 2. The predicted molar refractivity (Wildman–Crippen MR) is 91.1 cm³/mol. The molecule has 0 fully saturated rings. The highest BCUT2D eigenvalue weighted by Crippen LogP contribution is 2.25. The maximum absolute atomic E-state index is 13.7. The summed E-state index contributed by atoms with van der Waals surface area (Å²) in [5, 5.41) is 22.8. The molecule has 7 nitrogen and oxygen atoms in total. The Morgan fingerprint density at radius 3 is 2.65 bits per heavy atom. The van der Waals surface area contributed by atoms with Crippen molar-refractivity contribution in [2.75, 3.05) is 5.32 Å². The summed E-state index contributed by atoms with van der Waals surface area (Å²) in [7, 11) is 0. The van der Waals surface area contributed by atoms with Crippen molar-refractivity contribution in [3.8, 4) is 11.4 Å². The van der Waals surface area contributed by atoms with Crippen LogP contribution in [0.3, 0.4) is 0 Å². The van der Waals surface area contributed by atoms with Crippen molar-refractivity contribution in [2.24, 2.45) is 0 Å². The van der Waals surface area contributed by atoms with Crippen LogP contribution in [0.2, 0.25) is 0 Å². The summed E-state index contributed by atoms with van der Waals surface area (Å²) >= 11 is 1.07. The number of nitrogens with one attached hydrogen (secondary N) is 1. The molecule has 0 aliphatic carbocycles. The molecular weight excluding hydrogens is 364 g/mol. The number of phenols is 1. The molecule has 0 aliphatic rings. The van der Waals surface area contributed by atoms with Gasteiger partial charge in [-0.15, -0.1) is 5.10 Å². The molecule has 1 heterocycles. The minimum absolute atomic E-state index is 0.102. The summed E-state index contributed by atoms with van der Waals surface area (Å²) in [4.78, 5) is 12.3. The number of nitrogens with zero attached hydrogens (tertiary/aromatic N) is 4. The second-order valence-electron chi connectivity index (χ2n) is 5.26. The molecule has 1 aromatic heterocycles. The van der Waals surface area contributed by atoms with Gasteiger partial charge in [0.1, 0.15) is 17.4 Å². The zero-order chi connectivity index (χ0) is 18.7. The normalized spacial score (nSPS) is 12.0. The Morgan fingerprint density at radius 2 is 1.96 bits per heavy atom. The predicted octanol–water partition coefficient (Wildman–Crippen LogP) is 2.77. The topological polar surface area (TPSA) is 92.9 Å². The number of hydrogen-bond acceptors (Lipinski definition) is 6. The van der Waals surface area contributed by atoms with Gasteiger partial charge in [-0.05, 0) is 53.7 Å². The number of hydrogen-bond donors (Lipinski definition) is 2. The zero-order valence-electron chi connectivity index (χ0n) is 13.4. The third-order valence-corrected chi connectivity index (χ3v) is 4.41. The molecule has 0 saturated heterocycles. The first-order valence-corrected chi connectivity index (χ1v) is 8.32. The quantitative estimate of drug-likeness (QED) is 0.664. The van der Waals surface area contributed by atoms with Gasteiger partial charge in [-0.3, -0.25) is 4.79 Å². The van der Waals surface area contributed by atoms with E-state index in [0.717, 1.165) is 23.9 Å². The van der Waals surface area contributed by atoms with Gasteiger partial charge < -0.3 is 10.4 Å². The van der Waals surface area contributed by atoms with E-state index in [1.807, 2.05) is 0 Å². The van der Waals surface area contributed by atoms with Crippen LogP contribution in [0.1, 0.15) is 6.92 Å². The summed E-state index contributed by atoms with van der Waals surface area (Å²) in [5.74, 6) is -1.97. The van der Waals surface area contributed by atoms with Crippen molar-refractivity contribution in [3.63, 3.8) is 0 Å². The molecule has 26 heavy (non-hydrogen) atoms. The van der Waals surface area contributed by atoms with Gasteiger partial charge in [0.05, 0.1) is 16.6 Å². The van der Waals surface area contributed by atoms with Crippen LogP contribution in [-0.2, 0) is 4.79 Å². The van der Waals surface area contributed by atoms with E-state index in [1.165, 1.54) is 16.8 Å². The van der Waals surface area contributed by atoms with Crippen LogP contribution < -0.4 is 5.32 Å². The summed E-state index contributed by atoms with van der Waals surface area (Å²) < 4.78 is 28.0. The number of thioether (sulfide) groups is 1.